The van der Waals surface area contributed by atoms with Crippen LogP contribution < -0.4 is 9.64 Å². The van der Waals surface area contributed by atoms with Crippen molar-refractivity contribution in [2.24, 2.45) is 0 Å². The maximum atomic E-state index is 12.7. The van der Waals surface area contributed by atoms with Gasteiger partial charge in [0.1, 0.15) is 0 Å². The molecule has 2 heterocycles. The zero-order valence-electron chi connectivity index (χ0n) is 14.1. The zero-order chi connectivity index (χ0) is 18.0. The van der Waals surface area contributed by atoms with Crippen LogP contribution >= 0.6 is 0 Å². The first kappa shape index (κ1) is 16.9. The van der Waals surface area contributed by atoms with Crippen molar-refractivity contribution in [2.75, 3.05) is 11.4 Å². The van der Waals surface area contributed by atoms with Crippen LogP contribution in [0.5, 0.6) is 5.75 Å². The predicted octanol–water partition coefficient (Wildman–Crippen LogP) is 3.13. The number of carbonyl (C=O) groups excluding carboxylic acids is 1. The van der Waals surface area contributed by atoms with Crippen LogP contribution in [0, 0.1) is 10.1 Å². The number of nitrogens with zero attached hydrogens (tertiary/aromatic N) is 3. The summed E-state index contributed by atoms with van der Waals surface area (Å²) in [6.07, 6.45) is 1.52. The summed E-state index contributed by atoms with van der Waals surface area (Å²) in [5, 5.41) is 11.0. The molecule has 0 unspecified atom stereocenters. The van der Waals surface area contributed by atoms with Crippen molar-refractivity contribution in [3.63, 3.8) is 0 Å². The summed E-state index contributed by atoms with van der Waals surface area (Å²) in [6, 6.07) is 12.7. The monoisotopic (exact) mass is 341 g/mol. The van der Waals surface area contributed by atoms with E-state index >= 15 is 0 Å². The first-order chi connectivity index (χ1) is 11.9. The quantitative estimate of drug-likeness (QED) is 0.616. The zero-order valence-corrected chi connectivity index (χ0v) is 14.1. The molecule has 1 amide bonds. The SMILES string of the molecule is CC1(C)Oc2ccc([N+](=O)[O-])nc2N(CCCc2ccccc2)C1=O. The van der Waals surface area contributed by atoms with E-state index in [1.54, 1.807) is 13.8 Å². The van der Waals surface area contributed by atoms with E-state index < -0.39 is 10.5 Å². The second-order valence-electron chi connectivity index (χ2n) is 6.41. The van der Waals surface area contributed by atoms with Gasteiger partial charge in [0, 0.05) is 12.6 Å². The Balaban J connectivity index is 1.84. The van der Waals surface area contributed by atoms with Crippen molar-refractivity contribution in [1.82, 2.24) is 4.98 Å². The number of anilines is 1. The van der Waals surface area contributed by atoms with Gasteiger partial charge in [-0.15, -0.1) is 0 Å². The number of nitro groups is 1. The highest BCUT2D eigenvalue weighted by atomic mass is 16.6. The van der Waals surface area contributed by atoms with Gasteiger partial charge in [0.2, 0.25) is 0 Å². The molecule has 0 saturated carbocycles. The largest absolute Gasteiger partial charge is 0.472 e. The van der Waals surface area contributed by atoms with E-state index in [9.17, 15) is 14.9 Å². The number of pyridine rings is 1. The van der Waals surface area contributed by atoms with Crippen molar-refractivity contribution in [3.05, 3.63) is 58.1 Å². The molecular formula is C18H19N3O4. The third kappa shape index (κ3) is 3.45. The Morgan fingerprint density at radius 1 is 1.20 bits per heavy atom. The van der Waals surface area contributed by atoms with Crippen LogP contribution in [0.2, 0.25) is 0 Å². The Bertz CT molecular complexity index is 805. The minimum absolute atomic E-state index is 0.214. The number of hydrogen-bond acceptors (Lipinski definition) is 5. The lowest BCUT2D eigenvalue weighted by molar-refractivity contribution is -0.389. The number of fused-ring (bicyclic) bond motifs is 1. The van der Waals surface area contributed by atoms with Crippen LogP contribution in [-0.2, 0) is 11.2 Å². The minimum Gasteiger partial charge on any atom is -0.472 e. The summed E-state index contributed by atoms with van der Waals surface area (Å²) < 4.78 is 5.68. The molecule has 0 atom stereocenters. The average Bonchev–Trinajstić information content (AvgIpc) is 2.58. The van der Waals surface area contributed by atoms with Crippen molar-refractivity contribution < 1.29 is 14.5 Å². The van der Waals surface area contributed by atoms with E-state index in [1.165, 1.54) is 22.6 Å². The molecule has 0 bridgehead atoms. The molecule has 2 aromatic rings. The lowest BCUT2D eigenvalue weighted by atomic mass is 10.0. The number of aromatic nitrogens is 1. The fourth-order valence-corrected chi connectivity index (χ4v) is 2.83. The Morgan fingerprint density at radius 3 is 2.60 bits per heavy atom. The van der Waals surface area contributed by atoms with Crippen LogP contribution in [0.4, 0.5) is 11.6 Å². The second kappa shape index (κ2) is 6.51. The number of rotatable bonds is 5. The maximum Gasteiger partial charge on any atom is 0.366 e. The number of carbonyl (C=O) groups is 1. The number of aryl methyl sites for hydroxylation is 1. The topological polar surface area (TPSA) is 85.6 Å². The first-order valence-electron chi connectivity index (χ1n) is 8.09. The van der Waals surface area contributed by atoms with E-state index in [1.807, 2.05) is 30.3 Å². The first-order valence-corrected chi connectivity index (χ1v) is 8.09. The highest BCUT2D eigenvalue weighted by Crippen LogP contribution is 2.37. The van der Waals surface area contributed by atoms with Gasteiger partial charge in [-0.3, -0.25) is 9.69 Å². The maximum absolute atomic E-state index is 12.7. The Morgan fingerprint density at radius 2 is 1.92 bits per heavy atom. The van der Waals surface area contributed by atoms with Crippen LogP contribution in [-0.4, -0.2) is 28.0 Å². The average molecular weight is 341 g/mol. The number of hydrogen-bond donors (Lipinski definition) is 0. The van der Waals surface area contributed by atoms with Gasteiger partial charge in [-0.2, -0.15) is 0 Å². The fraction of sp³-hybridized carbons (Fsp3) is 0.333. The number of benzene rings is 1. The molecule has 1 aliphatic rings. The van der Waals surface area contributed by atoms with E-state index in [0.29, 0.717) is 12.3 Å². The summed E-state index contributed by atoms with van der Waals surface area (Å²) in [5.41, 5.74) is 0.145. The summed E-state index contributed by atoms with van der Waals surface area (Å²) in [5.74, 6) is 0.0467. The minimum atomic E-state index is -1.03. The van der Waals surface area contributed by atoms with Crippen molar-refractivity contribution in [3.8, 4) is 5.75 Å². The lowest BCUT2D eigenvalue weighted by Gasteiger charge is -2.35. The normalized spacial score (nSPS) is 15.4. The van der Waals surface area contributed by atoms with E-state index in [4.69, 9.17) is 4.74 Å². The molecule has 1 aromatic heterocycles. The van der Waals surface area contributed by atoms with Gasteiger partial charge in [0.15, 0.2) is 11.4 Å². The van der Waals surface area contributed by atoms with Gasteiger partial charge in [0.25, 0.3) is 11.7 Å². The molecule has 0 aliphatic carbocycles. The van der Waals surface area contributed by atoms with Crippen LogP contribution in [0.15, 0.2) is 42.5 Å². The fourth-order valence-electron chi connectivity index (χ4n) is 2.83. The molecule has 7 heteroatoms. The molecule has 0 N–H and O–H groups in total. The van der Waals surface area contributed by atoms with Crippen LogP contribution in [0.25, 0.3) is 0 Å². The molecule has 0 spiro atoms. The van der Waals surface area contributed by atoms with Gasteiger partial charge >= 0.3 is 5.82 Å². The standard InChI is InChI=1S/C18H19N3O4/c1-18(2)17(22)20(12-6-9-13-7-4-3-5-8-13)16-14(25-18)10-11-15(19-16)21(23)24/h3-5,7-8,10-11H,6,9,12H2,1-2H3. The van der Waals surface area contributed by atoms with E-state index in [2.05, 4.69) is 4.98 Å². The molecule has 130 valence electrons. The van der Waals surface area contributed by atoms with Gasteiger partial charge in [-0.05, 0) is 48.2 Å². The summed E-state index contributed by atoms with van der Waals surface area (Å²) in [7, 11) is 0. The Hall–Kier alpha value is -2.96. The molecule has 0 fully saturated rings. The number of ether oxygens (including phenoxy) is 1. The molecule has 1 aromatic carbocycles. The van der Waals surface area contributed by atoms with Gasteiger partial charge in [0.05, 0.1) is 0 Å². The van der Waals surface area contributed by atoms with Gasteiger partial charge in [-0.1, -0.05) is 30.3 Å². The third-order valence-electron chi connectivity index (χ3n) is 4.08. The molecule has 0 saturated heterocycles. The van der Waals surface area contributed by atoms with E-state index in [0.717, 1.165) is 12.8 Å². The van der Waals surface area contributed by atoms with E-state index in [-0.39, 0.29) is 17.5 Å². The van der Waals surface area contributed by atoms with Gasteiger partial charge < -0.3 is 14.9 Å². The highest BCUT2D eigenvalue weighted by molar-refractivity contribution is 6.01. The Kier molecular flexibility index (Phi) is 4.39. The lowest BCUT2D eigenvalue weighted by Crippen LogP contribution is -2.53. The third-order valence-corrected chi connectivity index (χ3v) is 4.08. The predicted molar refractivity (Wildman–Crippen MR) is 92.7 cm³/mol. The summed E-state index contributed by atoms with van der Waals surface area (Å²) >= 11 is 0. The molecule has 1 aliphatic heterocycles. The molecule has 25 heavy (non-hydrogen) atoms. The van der Waals surface area contributed by atoms with Crippen LogP contribution in [0.3, 0.4) is 0 Å². The Labute approximate surface area is 145 Å². The molecule has 7 nitrogen and oxygen atoms in total. The van der Waals surface area contributed by atoms with Crippen molar-refractivity contribution >= 4 is 17.5 Å². The molecule has 3 rings (SSSR count). The van der Waals surface area contributed by atoms with Crippen molar-refractivity contribution in [2.45, 2.75) is 32.3 Å². The summed E-state index contributed by atoms with van der Waals surface area (Å²) in [6.45, 7) is 3.79. The second-order valence-corrected chi connectivity index (χ2v) is 6.41. The van der Waals surface area contributed by atoms with Crippen molar-refractivity contribution in [1.29, 1.82) is 0 Å². The smallest absolute Gasteiger partial charge is 0.366 e. The number of amides is 1. The highest BCUT2D eigenvalue weighted by Gasteiger charge is 2.44. The summed E-state index contributed by atoms with van der Waals surface area (Å²) in [4.78, 5) is 28.7. The molecular weight excluding hydrogens is 322 g/mol. The molecule has 0 radical (unpaired) electrons. The van der Waals surface area contributed by atoms with Crippen LogP contribution in [0.1, 0.15) is 25.8 Å². The van der Waals surface area contributed by atoms with Gasteiger partial charge in [-0.25, -0.2) is 0 Å².